The fourth-order valence-corrected chi connectivity index (χ4v) is 2.53. The first-order valence-electron chi connectivity index (χ1n) is 5.35. The Morgan fingerprint density at radius 3 is 2.47 bits per heavy atom. The Bertz CT molecular complexity index is 418. The van der Waals surface area contributed by atoms with E-state index in [1.807, 2.05) is 31.2 Å². The number of rotatable bonds is 4. The summed E-state index contributed by atoms with van der Waals surface area (Å²) in [5, 5.41) is -0.258. The molecule has 1 aromatic carbocycles. The van der Waals surface area contributed by atoms with E-state index in [0.29, 0.717) is 13.0 Å². The summed E-state index contributed by atoms with van der Waals surface area (Å²) in [5.74, 6) is 0.265. The number of ether oxygens (including phenoxy) is 1. The number of benzene rings is 1. The molecule has 1 aromatic rings. The van der Waals surface area contributed by atoms with Crippen molar-refractivity contribution in [3.8, 4) is 5.75 Å². The molecule has 0 aliphatic heterocycles. The average molecular weight is 275 g/mol. The van der Waals surface area contributed by atoms with E-state index in [4.69, 9.17) is 28.2 Å². The molecular formula is C12H12Cl2O3. The first-order valence-corrected chi connectivity index (χ1v) is 6.10. The lowest BCUT2D eigenvalue weighted by atomic mass is 9.96. The zero-order chi connectivity index (χ0) is 12.5. The highest BCUT2D eigenvalue weighted by Gasteiger charge is 2.62. The van der Waals surface area contributed by atoms with Crippen LogP contribution in [0.2, 0.25) is 0 Å². The van der Waals surface area contributed by atoms with Gasteiger partial charge in [0, 0.05) is 0 Å². The van der Waals surface area contributed by atoms with Gasteiger partial charge < -0.3 is 9.03 Å². The summed E-state index contributed by atoms with van der Waals surface area (Å²) in [6, 6.07) is 7.26. The Morgan fingerprint density at radius 2 is 2.06 bits per heavy atom. The zero-order valence-corrected chi connectivity index (χ0v) is 10.8. The minimum Gasteiger partial charge on any atom is -0.494 e. The van der Waals surface area contributed by atoms with Crippen LogP contribution in [0.15, 0.2) is 24.3 Å². The fraction of sp³-hybridized carbons (Fsp3) is 0.417. The van der Waals surface area contributed by atoms with Crippen molar-refractivity contribution in [1.82, 2.24) is 0 Å². The van der Waals surface area contributed by atoms with Crippen molar-refractivity contribution in [2.24, 2.45) is 0 Å². The van der Waals surface area contributed by atoms with Gasteiger partial charge in [-0.3, -0.25) is 0 Å². The van der Waals surface area contributed by atoms with Gasteiger partial charge in [0.1, 0.15) is 23.0 Å². The molecule has 5 heteroatoms. The van der Waals surface area contributed by atoms with Crippen molar-refractivity contribution in [2.75, 3.05) is 6.61 Å². The average Bonchev–Trinajstić information content (AvgIpc) is 3.03. The number of hydrogen-bond donors (Lipinski definition) is 0. The largest absolute Gasteiger partial charge is 0.494 e. The van der Waals surface area contributed by atoms with Crippen LogP contribution in [0.5, 0.6) is 5.75 Å². The highest BCUT2D eigenvalue weighted by atomic mass is 35.5. The Kier molecular flexibility index (Phi) is 3.50. The number of hydrogen-bond acceptors (Lipinski definition) is 3. The van der Waals surface area contributed by atoms with Crippen molar-refractivity contribution >= 4 is 29.4 Å². The van der Waals surface area contributed by atoms with Gasteiger partial charge in [0.25, 0.3) is 0 Å². The molecule has 2 unspecified atom stereocenters. The van der Waals surface area contributed by atoms with Gasteiger partial charge in [-0.25, -0.2) is 4.79 Å². The number of carbonyl (C=O) groups excluding carboxylic acids is 1. The Hall–Kier alpha value is -0.930. The third-order valence-electron chi connectivity index (χ3n) is 2.99. The molecule has 0 spiro atoms. The predicted octanol–water partition coefficient (Wildman–Crippen LogP) is 3.03. The van der Waals surface area contributed by atoms with E-state index in [1.165, 1.54) is 0 Å². The van der Waals surface area contributed by atoms with E-state index in [-0.39, 0.29) is 5.38 Å². The molecule has 1 saturated carbocycles. The molecule has 1 aliphatic carbocycles. The SMILES string of the molecule is CCOc1ccc(C2(C(=O)OCl)CC2Cl)cc1. The Balaban J connectivity index is 2.24. The molecule has 1 fully saturated rings. The molecule has 0 bridgehead atoms. The van der Waals surface area contributed by atoms with Gasteiger partial charge >= 0.3 is 5.97 Å². The third-order valence-corrected chi connectivity index (χ3v) is 3.66. The van der Waals surface area contributed by atoms with Crippen LogP contribution in [-0.2, 0) is 14.5 Å². The van der Waals surface area contributed by atoms with Gasteiger partial charge in [0.15, 0.2) is 0 Å². The van der Waals surface area contributed by atoms with Gasteiger partial charge in [-0.05, 0) is 31.0 Å². The predicted molar refractivity (Wildman–Crippen MR) is 65.5 cm³/mol. The number of carbonyl (C=O) groups is 1. The van der Waals surface area contributed by atoms with E-state index in [9.17, 15) is 4.79 Å². The molecule has 0 heterocycles. The van der Waals surface area contributed by atoms with Crippen molar-refractivity contribution in [1.29, 1.82) is 0 Å². The summed E-state index contributed by atoms with van der Waals surface area (Å²) in [4.78, 5) is 11.6. The van der Waals surface area contributed by atoms with Gasteiger partial charge in [0.2, 0.25) is 0 Å². The fourth-order valence-electron chi connectivity index (χ4n) is 1.94. The molecule has 2 atom stereocenters. The van der Waals surface area contributed by atoms with Gasteiger partial charge in [0.05, 0.1) is 12.0 Å². The highest BCUT2D eigenvalue weighted by molar-refractivity contribution is 6.28. The monoisotopic (exact) mass is 274 g/mol. The van der Waals surface area contributed by atoms with Crippen LogP contribution in [0.4, 0.5) is 0 Å². The number of halogens is 2. The lowest BCUT2D eigenvalue weighted by molar-refractivity contribution is -0.136. The standard InChI is InChI=1S/C12H12Cl2O3/c1-2-16-9-5-3-8(4-6-9)12(7-10(12)13)11(15)17-14/h3-6,10H,2,7H2,1H3. The summed E-state index contributed by atoms with van der Waals surface area (Å²) < 4.78 is 9.63. The molecule has 3 nitrogen and oxygen atoms in total. The second kappa shape index (κ2) is 4.75. The molecule has 92 valence electrons. The molecule has 0 amide bonds. The summed E-state index contributed by atoms with van der Waals surface area (Å²) in [5.41, 5.74) is 0.0280. The van der Waals surface area contributed by atoms with E-state index in [0.717, 1.165) is 11.3 Å². The lowest BCUT2D eigenvalue weighted by Gasteiger charge is -2.13. The van der Waals surface area contributed by atoms with Crippen LogP contribution in [0.1, 0.15) is 18.9 Å². The Morgan fingerprint density at radius 1 is 1.47 bits per heavy atom. The van der Waals surface area contributed by atoms with Crippen molar-refractivity contribution in [3.63, 3.8) is 0 Å². The van der Waals surface area contributed by atoms with Gasteiger partial charge in [-0.15, -0.1) is 11.6 Å². The van der Waals surface area contributed by atoms with E-state index >= 15 is 0 Å². The van der Waals surface area contributed by atoms with Gasteiger partial charge in [-0.2, -0.15) is 0 Å². The molecule has 0 N–H and O–H groups in total. The molecule has 2 rings (SSSR count). The van der Waals surface area contributed by atoms with Crippen LogP contribution in [0.3, 0.4) is 0 Å². The summed E-state index contributed by atoms with van der Waals surface area (Å²) in [7, 11) is 0. The van der Waals surface area contributed by atoms with Crippen LogP contribution >= 0.6 is 23.5 Å². The van der Waals surface area contributed by atoms with E-state index < -0.39 is 11.4 Å². The highest BCUT2D eigenvalue weighted by Crippen LogP contribution is 2.53. The maximum atomic E-state index is 11.6. The smallest absolute Gasteiger partial charge is 0.336 e. The second-order valence-electron chi connectivity index (χ2n) is 3.97. The quantitative estimate of drug-likeness (QED) is 0.792. The number of alkyl halides is 1. The van der Waals surface area contributed by atoms with Gasteiger partial charge in [-0.1, -0.05) is 12.1 Å². The Labute approximate surface area is 110 Å². The minimum absolute atomic E-state index is 0.258. The van der Waals surface area contributed by atoms with Crippen molar-refractivity contribution in [3.05, 3.63) is 29.8 Å². The second-order valence-corrected chi connectivity index (χ2v) is 4.65. The van der Waals surface area contributed by atoms with Crippen molar-refractivity contribution < 1.29 is 13.8 Å². The van der Waals surface area contributed by atoms with Crippen LogP contribution in [0, 0.1) is 0 Å². The third kappa shape index (κ3) is 2.09. The molecular weight excluding hydrogens is 263 g/mol. The zero-order valence-electron chi connectivity index (χ0n) is 9.28. The summed E-state index contributed by atoms with van der Waals surface area (Å²) in [6.07, 6.45) is 0.550. The topological polar surface area (TPSA) is 35.5 Å². The molecule has 0 saturated heterocycles. The molecule has 0 radical (unpaired) electrons. The molecule has 0 aromatic heterocycles. The normalized spacial score (nSPS) is 26.4. The first kappa shape index (κ1) is 12.5. The first-order chi connectivity index (χ1) is 8.15. The van der Waals surface area contributed by atoms with Crippen molar-refractivity contribution in [2.45, 2.75) is 24.1 Å². The minimum atomic E-state index is -0.784. The van der Waals surface area contributed by atoms with Crippen LogP contribution in [0.25, 0.3) is 0 Å². The van der Waals surface area contributed by atoms with E-state index in [2.05, 4.69) is 4.29 Å². The maximum absolute atomic E-state index is 11.6. The van der Waals surface area contributed by atoms with E-state index in [1.54, 1.807) is 0 Å². The lowest BCUT2D eigenvalue weighted by Crippen LogP contribution is -2.23. The van der Waals surface area contributed by atoms with Crippen LogP contribution < -0.4 is 4.74 Å². The summed E-state index contributed by atoms with van der Waals surface area (Å²) >= 11 is 11.2. The van der Waals surface area contributed by atoms with Crippen LogP contribution in [-0.4, -0.2) is 18.0 Å². The molecule has 17 heavy (non-hydrogen) atoms. The maximum Gasteiger partial charge on any atom is 0.336 e. The summed E-state index contributed by atoms with van der Waals surface area (Å²) in [6.45, 7) is 2.52. The molecule has 1 aliphatic rings.